The molecular weight excluding hydrogens is 284 g/mol. The average molecular weight is 310 g/mol. The Morgan fingerprint density at radius 1 is 1.09 bits per heavy atom. The van der Waals surface area contributed by atoms with E-state index >= 15 is 0 Å². The Morgan fingerprint density at radius 3 is 2.43 bits per heavy atom. The first-order chi connectivity index (χ1) is 11.1. The highest BCUT2D eigenvalue weighted by atomic mass is 16.5. The van der Waals surface area contributed by atoms with Gasteiger partial charge in [0.1, 0.15) is 5.75 Å². The summed E-state index contributed by atoms with van der Waals surface area (Å²) < 4.78 is 5.84. The quantitative estimate of drug-likeness (QED) is 0.621. The topological polar surface area (TPSA) is 35.0 Å². The van der Waals surface area contributed by atoms with E-state index in [0.29, 0.717) is 5.92 Å². The van der Waals surface area contributed by atoms with Gasteiger partial charge in [-0.25, -0.2) is 9.97 Å². The molecule has 0 amide bonds. The summed E-state index contributed by atoms with van der Waals surface area (Å²) in [5.74, 6) is 2.33. The summed E-state index contributed by atoms with van der Waals surface area (Å²) in [6.45, 7) is 7.35. The van der Waals surface area contributed by atoms with Gasteiger partial charge < -0.3 is 4.74 Å². The Labute approximate surface area is 139 Å². The Morgan fingerprint density at radius 2 is 1.78 bits per heavy atom. The van der Waals surface area contributed by atoms with E-state index in [1.165, 1.54) is 12.0 Å². The molecule has 1 aromatic heterocycles. The van der Waals surface area contributed by atoms with Crippen LogP contribution in [0, 0.1) is 5.92 Å². The number of hydrogen-bond donors (Lipinski definition) is 0. The zero-order valence-corrected chi connectivity index (χ0v) is 14.3. The van der Waals surface area contributed by atoms with Crippen LogP contribution in [-0.4, -0.2) is 16.6 Å². The fourth-order valence-electron chi connectivity index (χ4n) is 2.33. The smallest absolute Gasteiger partial charge is 0.159 e. The van der Waals surface area contributed by atoms with Gasteiger partial charge in [-0.15, -0.1) is 0 Å². The molecule has 0 spiro atoms. The first kappa shape index (κ1) is 17.2. The second-order valence-electron chi connectivity index (χ2n) is 6.20. The van der Waals surface area contributed by atoms with Crippen molar-refractivity contribution in [3.05, 3.63) is 54.4 Å². The van der Waals surface area contributed by atoms with E-state index in [4.69, 9.17) is 4.74 Å². The van der Waals surface area contributed by atoms with Crippen LogP contribution < -0.4 is 4.74 Å². The molecule has 122 valence electrons. The monoisotopic (exact) mass is 310 g/mol. The molecule has 2 rings (SSSR count). The van der Waals surface area contributed by atoms with Crippen LogP contribution in [0.2, 0.25) is 0 Å². The van der Waals surface area contributed by atoms with Crippen LogP contribution >= 0.6 is 0 Å². The molecule has 1 heterocycles. The maximum atomic E-state index is 5.84. The van der Waals surface area contributed by atoms with Crippen LogP contribution in [0.5, 0.6) is 5.75 Å². The molecule has 23 heavy (non-hydrogen) atoms. The van der Waals surface area contributed by atoms with E-state index in [9.17, 15) is 0 Å². The summed E-state index contributed by atoms with van der Waals surface area (Å²) in [6, 6.07) is 9.80. The molecule has 1 atom stereocenters. The van der Waals surface area contributed by atoms with Crippen molar-refractivity contribution in [3.63, 3.8) is 0 Å². The Balaban J connectivity index is 1.75. The molecule has 1 aromatic carbocycles. The molecule has 3 nitrogen and oxygen atoms in total. The largest absolute Gasteiger partial charge is 0.494 e. The molecule has 0 aliphatic rings. The van der Waals surface area contributed by atoms with Gasteiger partial charge in [-0.3, -0.25) is 0 Å². The predicted octanol–water partition coefficient (Wildman–Crippen LogP) is 5.30. The zero-order valence-electron chi connectivity index (χ0n) is 14.3. The van der Waals surface area contributed by atoms with Crippen LogP contribution in [-0.2, 0) is 0 Å². The van der Waals surface area contributed by atoms with Gasteiger partial charge in [0.2, 0.25) is 0 Å². The van der Waals surface area contributed by atoms with Crippen LogP contribution in [0.15, 0.2) is 54.4 Å². The lowest BCUT2D eigenvalue weighted by atomic mass is 10.0. The molecule has 0 saturated heterocycles. The molecule has 0 aliphatic heterocycles. The van der Waals surface area contributed by atoms with Gasteiger partial charge in [-0.1, -0.05) is 18.6 Å². The number of nitrogens with zero attached hydrogens (tertiary/aromatic N) is 2. The zero-order chi connectivity index (χ0) is 16.5. The minimum Gasteiger partial charge on any atom is -0.494 e. The Kier molecular flexibility index (Phi) is 6.79. The van der Waals surface area contributed by atoms with E-state index in [1.807, 2.05) is 30.3 Å². The molecule has 0 saturated carbocycles. The van der Waals surface area contributed by atoms with Crippen molar-refractivity contribution >= 4 is 0 Å². The van der Waals surface area contributed by atoms with Crippen molar-refractivity contribution in [2.75, 3.05) is 6.61 Å². The molecule has 0 N–H and O–H groups in total. The number of benzene rings is 1. The van der Waals surface area contributed by atoms with E-state index in [-0.39, 0.29) is 0 Å². The normalized spacial score (nSPS) is 11.8. The van der Waals surface area contributed by atoms with Crippen LogP contribution in [0.4, 0.5) is 0 Å². The van der Waals surface area contributed by atoms with Crippen molar-refractivity contribution < 1.29 is 4.74 Å². The van der Waals surface area contributed by atoms with Gasteiger partial charge in [-0.2, -0.15) is 0 Å². The van der Waals surface area contributed by atoms with E-state index in [2.05, 4.69) is 36.8 Å². The summed E-state index contributed by atoms with van der Waals surface area (Å²) in [6.07, 6.45) is 9.28. The first-order valence-electron chi connectivity index (χ1n) is 8.29. The van der Waals surface area contributed by atoms with Crippen molar-refractivity contribution in [1.29, 1.82) is 0 Å². The number of rotatable bonds is 8. The molecule has 0 fully saturated rings. The van der Waals surface area contributed by atoms with Crippen LogP contribution in [0.25, 0.3) is 11.4 Å². The number of ether oxygens (including phenoxy) is 1. The lowest BCUT2D eigenvalue weighted by Crippen LogP contribution is -2.04. The van der Waals surface area contributed by atoms with Crippen molar-refractivity contribution in [3.8, 4) is 17.1 Å². The molecule has 0 unspecified atom stereocenters. The van der Waals surface area contributed by atoms with Crippen molar-refractivity contribution in [2.24, 2.45) is 5.92 Å². The second-order valence-corrected chi connectivity index (χ2v) is 6.20. The van der Waals surface area contributed by atoms with Gasteiger partial charge in [0, 0.05) is 18.0 Å². The maximum absolute atomic E-state index is 5.84. The third-order valence-electron chi connectivity index (χ3n) is 3.77. The van der Waals surface area contributed by atoms with Gasteiger partial charge >= 0.3 is 0 Å². The minimum atomic E-state index is 0.683. The Hall–Kier alpha value is -2.16. The average Bonchev–Trinajstić information content (AvgIpc) is 2.56. The van der Waals surface area contributed by atoms with Crippen LogP contribution in [0.3, 0.4) is 0 Å². The van der Waals surface area contributed by atoms with Crippen LogP contribution in [0.1, 0.15) is 40.0 Å². The van der Waals surface area contributed by atoms with Gasteiger partial charge in [0.25, 0.3) is 0 Å². The summed E-state index contributed by atoms with van der Waals surface area (Å²) in [5, 5.41) is 0. The number of aromatic nitrogens is 2. The van der Waals surface area contributed by atoms with Crippen molar-refractivity contribution in [2.45, 2.75) is 40.0 Å². The van der Waals surface area contributed by atoms with Crippen molar-refractivity contribution in [1.82, 2.24) is 9.97 Å². The van der Waals surface area contributed by atoms with E-state index in [0.717, 1.165) is 36.6 Å². The molecule has 0 radical (unpaired) electrons. The lowest BCUT2D eigenvalue weighted by molar-refractivity contribution is 0.279. The second kappa shape index (κ2) is 9.09. The highest BCUT2D eigenvalue weighted by molar-refractivity contribution is 5.55. The molecular formula is C20H26N2O. The standard InChI is InChI=1S/C20H26N2O/c1-16(2)6-4-7-17(3)12-15-23-19-10-8-18(9-11-19)20-21-13-5-14-22-20/h5-6,8-11,13-14,17H,4,7,12,15H2,1-3H3/t17-/m0/s1. The summed E-state index contributed by atoms with van der Waals surface area (Å²) in [7, 11) is 0. The van der Waals surface area contributed by atoms with Gasteiger partial charge in [0.15, 0.2) is 5.82 Å². The third-order valence-corrected chi connectivity index (χ3v) is 3.77. The fourth-order valence-corrected chi connectivity index (χ4v) is 2.33. The van der Waals surface area contributed by atoms with Gasteiger partial charge in [-0.05, 0) is 69.4 Å². The fraction of sp³-hybridized carbons (Fsp3) is 0.400. The number of hydrogen-bond acceptors (Lipinski definition) is 3. The molecule has 3 heteroatoms. The SMILES string of the molecule is CC(C)=CCC[C@H](C)CCOc1ccc(-c2ncccn2)cc1. The highest BCUT2D eigenvalue weighted by Crippen LogP contribution is 2.19. The van der Waals surface area contributed by atoms with E-state index < -0.39 is 0 Å². The molecule has 0 aliphatic carbocycles. The summed E-state index contributed by atoms with van der Waals surface area (Å²) in [5.41, 5.74) is 2.41. The summed E-state index contributed by atoms with van der Waals surface area (Å²) in [4.78, 5) is 8.50. The molecule has 0 bridgehead atoms. The molecule has 2 aromatic rings. The lowest BCUT2D eigenvalue weighted by Gasteiger charge is -2.11. The maximum Gasteiger partial charge on any atom is 0.159 e. The predicted molar refractivity (Wildman–Crippen MR) is 95.4 cm³/mol. The Bertz CT molecular complexity index is 601. The minimum absolute atomic E-state index is 0.683. The third kappa shape index (κ3) is 6.23. The highest BCUT2D eigenvalue weighted by Gasteiger charge is 2.03. The van der Waals surface area contributed by atoms with E-state index in [1.54, 1.807) is 12.4 Å². The van der Waals surface area contributed by atoms with Gasteiger partial charge in [0.05, 0.1) is 6.61 Å². The summed E-state index contributed by atoms with van der Waals surface area (Å²) >= 11 is 0. The number of allylic oxidation sites excluding steroid dienone is 2. The first-order valence-corrected chi connectivity index (χ1v) is 8.29.